The van der Waals surface area contributed by atoms with Crippen LogP contribution in [0.4, 0.5) is 5.69 Å². The van der Waals surface area contributed by atoms with Gasteiger partial charge in [0, 0.05) is 18.2 Å². The average Bonchev–Trinajstić information content (AvgIpc) is 2.42. The number of pyridine rings is 1. The van der Waals surface area contributed by atoms with Crippen molar-refractivity contribution in [1.82, 2.24) is 10.3 Å². The fraction of sp³-hybridized carbons (Fsp3) is 0.214. The lowest BCUT2D eigenvalue weighted by molar-refractivity contribution is -0.385. The molecule has 0 aliphatic heterocycles. The standard InChI is InChI=1S/C14H15N3O3/c1-10-6-12(17(18)19)9-16-14(10)20-13-5-3-4-11(7-13)8-15-2/h3-7,9,15H,8H2,1-2H3. The minimum absolute atomic E-state index is 0.0428. The van der Waals surface area contributed by atoms with E-state index in [4.69, 9.17) is 4.74 Å². The molecule has 2 aromatic rings. The third-order valence-electron chi connectivity index (χ3n) is 2.72. The molecular weight excluding hydrogens is 258 g/mol. The van der Waals surface area contributed by atoms with Crippen molar-refractivity contribution in [3.05, 3.63) is 57.8 Å². The number of aryl methyl sites for hydroxylation is 1. The van der Waals surface area contributed by atoms with Gasteiger partial charge in [0.1, 0.15) is 11.9 Å². The fourth-order valence-electron chi connectivity index (χ4n) is 1.79. The molecule has 0 saturated carbocycles. The maximum Gasteiger partial charge on any atom is 0.288 e. The predicted molar refractivity (Wildman–Crippen MR) is 74.9 cm³/mol. The number of nitro groups is 1. The smallest absolute Gasteiger partial charge is 0.288 e. The van der Waals surface area contributed by atoms with E-state index in [1.165, 1.54) is 12.3 Å². The third-order valence-corrected chi connectivity index (χ3v) is 2.72. The zero-order chi connectivity index (χ0) is 14.5. The van der Waals surface area contributed by atoms with Crippen molar-refractivity contribution in [3.8, 4) is 11.6 Å². The first-order valence-electron chi connectivity index (χ1n) is 6.12. The number of ether oxygens (including phenoxy) is 1. The van der Waals surface area contributed by atoms with Crippen LogP contribution in [0.1, 0.15) is 11.1 Å². The molecule has 0 radical (unpaired) electrons. The first kappa shape index (κ1) is 14.0. The number of nitrogens with one attached hydrogen (secondary N) is 1. The molecule has 6 nitrogen and oxygen atoms in total. The van der Waals surface area contributed by atoms with Crippen molar-refractivity contribution >= 4 is 5.69 Å². The van der Waals surface area contributed by atoms with Gasteiger partial charge in [0.2, 0.25) is 5.88 Å². The van der Waals surface area contributed by atoms with Crippen LogP contribution in [-0.2, 0) is 6.54 Å². The topological polar surface area (TPSA) is 77.3 Å². The molecule has 0 aliphatic carbocycles. The number of hydrogen-bond donors (Lipinski definition) is 1. The van der Waals surface area contributed by atoms with Crippen LogP contribution in [0.3, 0.4) is 0 Å². The van der Waals surface area contributed by atoms with Gasteiger partial charge in [-0.1, -0.05) is 12.1 Å². The number of rotatable bonds is 5. The molecule has 0 spiro atoms. The number of benzene rings is 1. The van der Waals surface area contributed by atoms with Gasteiger partial charge < -0.3 is 10.1 Å². The highest BCUT2D eigenvalue weighted by Gasteiger charge is 2.11. The summed E-state index contributed by atoms with van der Waals surface area (Å²) in [4.78, 5) is 14.2. The van der Waals surface area contributed by atoms with Crippen molar-refractivity contribution in [2.75, 3.05) is 7.05 Å². The highest BCUT2D eigenvalue weighted by atomic mass is 16.6. The summed E-state index contributed by atoms with van der Waals surface area (Å²) in [6.45, 7) is 2.47. The SMILES string of the molecule is CNCc1cccc(Oc2ncc([N+](=O)[O-])cc2C)c1. The summed E-state index contributed by atoms with van der Waals surface area (Å²) in [5.41, 5.74) is 1.67. The summed E-state index contributed by atoms with van der Waals surface area (Å²) in [6, 6.07) is 9.04. The monoisotopic (exact) mass is 273 g/mol. The van der Waals surface area contributed by atoms with Crippen molar-refractivity contribution in [1.29, 1.82) is 0 Å². The van der Waals surface area contributed by atoms with E-state index < -0.39 is 4.92 Å². The summed E-state index contributed by atoms with van der Waals surface area (Å²) in [5.74, 6) is 1.03. The summed E-state index contributed by atoms with van der Waals surface area (Å²) in [7, 11) is 1.87. The van der Waals surface area contributed by atoms with Gasteiger partial charge in [-0.05, 0) is 31.7 Å². The summed E-state index contributed by atoms with van der Waals surface area (Å²) in [6.07, 6.45) is 1.19. The van der Waals surface area contributed by atoms with Crippen LogP contribution in [-0.4, -0.2) is 17.0 Å². The van der Waals surface area contributed by atoms with E-state index in [1.54, 1.807) is 6.92 Å². The molecule has 0 fully saturated rings. The van der Waals surface area contributed by atoms with E-state index in [-0.39, 0.29) is 5.69 Å². The Morgan fingerprint density at radius 3 is 2.85 bits per heavy atom. The van der Waals surface area contributed by atoms with Crippen molar-refractivity contribution < 1.29 is 9.66 Å². The largest absolute Gasteiger partial charge is 0.439 e. The fourth-order valence-corrected chi connectivity index (χ4v) is 1.79. The van der Waals surface area contributed by atoms with E-state index in [9.17, 15) is 10.1 Å². The van der Waals surface area contributed by atoms with Crippen LogP contribution in [0.5, 0.6) is 11.6 Å². The van der Waals surface area contributed by atoms with E-state index in [0.29, 0.717) is 17.2 Å². The minimum atomic E-state index is -0.475. The number of nitrogens with zero attached hydrogens (tertiary/aromatic N) is 2. The molecule has 6 heteroatoms. The van der Waals surface area contributed by atoms with E-state index in [2.05, 4.69) is 10.3 Å². The molecule has 1 aromatic carbocycles. The van der Waals surface area contributed by atoms with Crippen LogP contribution in [0.15, 0.2) is 36.5 Å². The molecule has 104 valence electrons. The molecule has 0 amide bonds. The van der Waals surface area contributed by atoms with Gasteiger partial charge in [-0.15, -0.1) is 0 Å². The molecule has 20 heavy (non-hydrogen) atoms. The third kappa shape index (κ3) is 3.30. The van der Waals surface area contributed by atoms with E-state index >= 15 is 0 Å². The number of hydrogen-bond acceptors (Lipinski definition) is 5. The highest BCUT2D eigenvalue weighted by molar-refractivity contribution is 5.39. The Hall–Kier alpha value is -2.47. The van der Waals surface area contributed by atoms with Crippen molar-refractivity contribution in [2.24, 2.45) is 0 Å². The molecule has 1 aromatic heterocycles. The van der Waals surface area contributed by atoms with Gasteiger partial charge in [-0.25, -0.2) is 4.98 Å². The quantitative estimate of drug-likeness (QED) is 0.669. The zero-order valence-electron chi connectivity index (χ0n) is 11.3. The Balaban J connectivity index is 2.21. The molecule has 2 rings (SSSR count). The van der Waals surface area contributed by atoms with Gasteiger partial charge in [0.05, 0.1) is 4.92 Å². The van der Waals surface area contributed by atoms with Gasteiger partial charge in [-0.2, -0.15) is 0 Å². The van der Waals surface area contributed by atoms with E-state index in [0.717, 1.165) is 12.1 Å². The number of aromatic nitrogens is 1. The molecular formula is C14H15N3O3. The molecule has 1 N–H and O–H groups in total. The Morgan fingerprint density at radius 1 is 1.40 bits per heavy atom. The Kier molecular flexibility index (Phi) is 4.27. The normalized spacial score (nSPS) is 10.3. The lowest BCUT2D eigenvalue weighted by Crippen LogP contribution is -2.04. The first-order valence-corrected chi connectivity index (χ1v) is 6.12. The Labute approximate surface area is 116 Å². The lowest BCUT2D eigenvalue weighted by atomic mass is 10.2. The van der Waals surface area contributed by atoms with Crippen LogP contribution in [0.25, 0.3) is 0 Å². The second kappa shape index (κ2) is 6.12. The molecule has 1 heterocycles. The summed E-state index contributed by atoms with van der Waals surface area (Å²) >= 11 is 0. The Bertz CT molecular complexity index is 629. The second-order valence-electron chi connectivity index (χ2n) is 4.35. The van der Waals surface area contributed by atoms with Gasteiger partial charge in [0.15, 0.2) is 0 Å². The first-order chi connectivity index (χ1) is 9.60. The lowest BCUT2D eigenvalue weighted by Gasteiger charge is -2.08. The molecule has 0 atom stereocenters. The van der Waals surface area contributed by atoms with Crippen LogP contribution in [0.2, 0.25) is 0 Å². The Morgan fingerprint density at radius 2 is 2.20 bits per heavy atom. The summed E-state index contributed by atoms with van der Waals surface area (Å²) in [5, 5.41) is 13.7. The zero-order valence-corrected chi connectivity index (χ0v) is 11.3. The average molecular weight is 273 g/mol. The van der Waals surface area contributed by atoms with Crippen molar-refractivity contribution in [3.63, 3.8) is 0 Å². The van der Waals surface area contributed by atoms with Crippen molar-refractivity contribution in [2.45, 2.75) is 13.5 Å². The van der Waals surface area contributed by atoms with Crippen LogP contribution in [0, 0.1) is 17.0 Å². The summed E-state index contributed by atoms with van der Waals surface area (Å²) < 4.78 is 5.67. The maximum atomic E-state index is 10.7. The highest BCUT2D eigenvalue weighted by Crippen LogP contribution is 2.25. The van der Waals surface area contributed by atoms with Gasteiger partial charge >= 0.3 is 0 Å². The van der Waals surface area contributed by atoms with Crippen LogP contribution >= 0.6 is 0 Å². The molecule has 0 saturated heterocycles. The minimum Gasteiger partial charge on any atom is -0.439 e. The second-order valence-corrected chi connectivity index (χ2v) is 4.35. The van der Waals surface area contributed by atoms with E-state index in [1.807, 2.05) is 31.3 Å². The van der Waals surface area contributed by atoms with Gasteiger partial charge in [-0.3, -0.25) is 10.1 Å². The molecule has 0 aliphatic rings. The maximum absolute atomic E-state index is 10.7. The molecule has 0 unspecified atom stereocenters. The predicted octanol–water partition coefficient (Wildman–Crippen LogP) is 2.81. The van der Waals surface area contributed by atoms with Gasteiger partial charge in [0.25, 0.3) is 5.69 Å². The van der Waals surface area contributed by atoms with Crippen LogP contribution < -0.4 is 10.1 Å². The molecule has 0 bridgehead atoms.